The normalized spacial score (nSPS) is 11.4. The summed E-state index contributed by atoms with van der Waals surface area (Å²) in [6.07, 6.45) is 0. The zero-order chi connectivity index (χ0) is 21.0. The van der Waals surface area contributed by atoms with Gasteiger partial charge in [-0.15, -0.1) is 11.8 Å². The van der Waals surface area contributed by atoms with Crippen molar-refractivity contribution < 1.29 is 8.42 Å². The second-order valence-corrected chi connectivity index (χ2v) is 9.51. The number of benzene rings is 3. The molecule has 0 amide bonds. The summed E-state index contributed by atoms with van der Waals surface area (Å²) in [5.41, 5.74) is 1.40. The van der Waals surface area contributed by atoms with E-state index in [9.17, 15) is 8.42 Å². The SMILES string of the molecule is O=S(=O)(Nc1ccc(SCc2nc(-c3ccc(Cl)cc3)n[nH]2)cc1)c1ccccc1. The Balaban J connectivity index is 1.37. The number of hydrogen-bond donors (Lipinski definition) is 2. The van der Waals surface area contributed by atoms with Crippen molar-refractivity contribution in [2.75, 3.05) is 4.72 Å². The minimum absolute atomic E-state index is 0.227. The van der Waals surface area contributed by atoms with E-state index < -0.39 is 10.0 Å². The Labute approximate surface area is 183 Å². The standard InChI is InChI=1S/C21H17ClN4O2S2/c22-16-8-6-15(7-9-16)21-23-20(24-25-21)14-29-18-12-10-17(11-13-18)26-30(27,28)19-4-2-1-3-5-19/h1-13,26H,14H2,(H,23,24,25). The number of sulfonamides is 1. The number of aromatic amines is 1. The molecule has 0 spiro atoms. The maximum Gasteiger partial charge on any atom is 0.261 e. The number of nitrogens with one attached hydrogen (secondary N) is 2. The van der Waals surface area contributed by atoms with Crippen LogP contribution in [-0.4, -0.2) is 23.6 Å². The first-order valence-electron chi connectivity index (χ1n) is 8.97. The molecule has 0 saturated heterocycles. The predicted molar refractivity (Wildman–Crippen MR) is 120 cm³/mol. The Hall–Kier alpha value is -2.81. The lowest BCUT2D eigenvalue weighted by molar-refractivity contribution is 0.601. The number of anilines is 1. The molecule has 0 atom stereocenters. The quantitative estimate of drug-likeness (QED) is 0.372. The second kappa shape index (κ2) is 8.91. The topological polar surface area (TPSA) is 87.7 Å². The maximum atomic E-state index is 12.4. The molecule has 0 radical (unpaired) electrons. The van der Waals surface area contributed by atoms with E-state index in [1.165, 1.54) is 0 Å². The van der Waals surface area contributed by atoms with E-state index >= 15 is 0 Å². The number of thioether (sulfide) groups is 1. The average Bonchev–Trinajstić information content (AvgIpc) is 3.23. The summed E-state index contributed by atoms with van der Waals surface area (Å²) in [4.78, 5) is 5.72. The highest BCUT2D eigenvalue weighted by molar-refractivity contribution is 7.98. The van der Waals surface area contributed by atoms with Crippen molar-refractivity contribution in [3.63, 3.8) is 0 Å². The van der Waals surface area contributed by atoms with E-state index in [-0.39, 0.29) is 4.90 Å². The second-order valence-electron chi connectivity index (χ2n) is 6.34. The molecule has 0 unspecified atom stereocenters. The van der Waals surface area contributed by atoms with Gasteiger partial charge in [-0.2, -0.15) is 5.10 Å². The van der Waals surface area contributed by atoms with Crippen LogP contribution in [0, 0.1) is 0 Å². The van der Waals surface area contributed by atoms with Gasteiger partial charge >= 0.3 is 0 Å². The van der Waals surface area contributed by atoms with Crippen LogP contribution in [0.4, 0.5) is 5.69 Å². The average molecular weight is 457 g/mol. The van der Waals surface area contributed by atoms with E-state index in [4.69, 9.17) is 11.6 Å². The minimum atomic E-state index is -3.60. The summed E-state index contributed by atoms with van der Waals surface area (Å²) in [6.45, 7) is 0. The molecule has 3 aromatic carbocycles. The van der Waals surface area contributed by atoms with Crippen LogP contribution in [0.25, 0.3) is 11.4 Å². The molecule has 152 valence electrons. The Morgan fingerprint density at radius 3 is 2.33 bits per heavy atom. The van der Waals surface area contributed by atoms with Crippen LogP contribution >= 0.6 is 23.4 Å². The molecule has 4 aromatic rings. The van der Waals surface area contributed by atoms with Gasteiger partial charge in [0.1, 0.15) is 5.82 Å². The van der Waals surface area contributed by atoms with Crippen molar-refractivity contribution >= 4 is 39.1 Å². The smallest absolute Gasteiger partial charge is 0.261 e. The van der Waals surface area contributed by atoms with Crippen LogP contribution in [0.15, 0.2) is 88.7 Å². The first kappa shape index (κ1) is 20.5. The van der Waals surface area contributed by atoms with E-state index in [0.717, 1.165) is 16.3 Å². The van der Waals surface area contributed by atoms with Crippen LogP contribution in [-0.2, 0) is 15.8 Å². The molecular formula is C21H17ClN4O2S2. The minimum Gasteiger partial charge on any atom is -0.280 e. The lowest BCUT2D eigenvalue weighted by atomic mass is 10.2. The van der Waals surface area contributed by atoms with Crippen molar-refractivity contribution in [1.29, 1.82) is 0 Å². The summed E-state index contributed by atoms with van der Waals surface area (Å²) in [7, 11) is -3.60. The van der Waals surface area contributed by atoms with E-state index in [0.29, 0.717) is 22.3 Å². The van der Waals surface area contributed by atoms with E-state index in [2.05, 4.69) is 19.9 Å². The summed E-state index contributed by atoms with van der Waals surface area (Å²) >= 11 is 7.49. The van der Waals surface area contributed by atoms with Gasteiger partial charge in [-0.1, -0.05) is 29.8 Å². The molecule has 2 N–H and O–H groups in total. The van der Waals surface area contributed by atoms with Gasteiger partial charge < -0.3 is 0 Å². The fourth-order valence-electron chi connectivity index (χ4n) is 2.67. The third kappa shape index (κ3) is 5.02. The molecule has 0 fully saturated rings. The summed E-state index contributed by atoms with van der Waals surface area (Å²) in [5, 5.41) is 7.85. The largest absolute Gasteiger partial charge is 0.280 e. The van der Waals surface area contributed by atoms with Gasteiger partial charge in [0.25, 0.3) is 10.0 Å². The van der Waals surface area contributed by atoms with Crippen LogP contribution in [0.5, 0.6) is 0 Å². The molecule has 0 saturated carbocycles. The van der Waals surface area contributed by atoms with E-state index in [1.54, 1.807) is 66.4 Å². The lowest BCUT2D eigenvalue weighted by Gasteiger charge is -2.08. The van der Waals surface area contributed by atoms with Gasteiger partial charge in [0.15, 0.2) is 5.82 Å². The number of H-pyrrole nitrogens is 1. The van der Waals surface area contributed by atoms with Crippen LogP contribution in [0.2, 0.25) is 5.02 Å². The molecule has 1 heterocycles. The van der Waals surface area contributed by atoms with Gasteiger partial charge in [-0.25, -0.2) is 13.4 Å². The van der Waals surface area contributed by atoms with Gasteiger partial charge in [0, 0.05) is 21.2 Å². The Kier molecular flexibility index (Phi) is 6.08. The fraction of sp³-hybridized carbons (Fsp3) is 0.0476. The summed E-state index contributed by atoms with van der Waals surface area (Å²) in [6, 6.07) is 22.8. The zero-order valence-corrected chi connectivity index (χ0v) is 18.0. The van der Waals surface area contributed by atoms with Crippen molar-refractivity contribution in [3.8, 4) is 11.4 Å². The number of hydrogen-bond acceptors (Lipinski definition) is 5. The molecule has 4 rings (SSSR count). The molecule has 0 aliphatic heterocycles. The van der Waals surface area contributed by atoms with Crippen LogP contribution in [0.3, 0.4) is 0 Å². The summed E-state index contributed by atoms with van der Waals surface area (Å²) in [5.74, 6) is 1.97. The molecule has 0 aliphatic carbocycles. The highest BCUT2D eigenvalue weighted by atomic mass is 35.5. The Bertz CT molecular complexity index is 1230. The molecular weight excluding hydrogens is 440 g/mol. The van der Waals surface area contributed by atoms with Gasteiger partial charge in [-0.3, -0.25) is 9.82 Å². The number of halogens is 1. The predicted octanol–water partition coefficient (Wildman–Crippen LogP) is 5.22. The molecule has 9 heteroatoms. The first-order chi connectivity index (χ1) is 14.5. The van der Waals surface area contributed by atoms with Crippen molar-refractivity contribution in [1.82, 2.24) is 15.2 Å². The molecule has 0 aliphatic rings. The highest BCUT2D eigenvalue weighted by Gasteiger charge is 2.13. The van der Waals surface area contributed by atoms with Gasteiger partial charge in [0.05, 0.1) is 10.6 Å². The van der Waals surface area contributed by atoms with Gasteiger partial charge in [0.2, 0.25) is 0 Å². The monoisotopic (exact) mass is 456 g/mol. The first-order valence-corrected chi connectivity index (χ1v) is 11.8. The fourth-order valence-corrected chi connectivity index (χ4v) is 4.64. The third-order valence-corrected chi connectivity index (χ3v) is 6.84. The van der Waals surface area contributed by atoms with Crippen LogP contribution in [0.1, 0.15) is 5.82 Å². The molecule has 1 aromatic heterocycles. The molecule has 30 heavy (non-hydrogen) atoms. The van der Waals surface area contributed by atoms with Crippen molar-refractivity contribution in [2.45, 2.75) is 15.5 Å². The lowest BCUT2D eigenvalue weighted by Crippen LogP contribution is -2.12. The Morgan fingerprint density at radius 1 is 0.933 bits per heavy atom. The molecule has 6 nitrogen and oxygen atoms in total. The number of aromatic nitrogens is 3. The Morgan fingerprint density at radius 2 is 1.63 bits per heavy atom. The number of rotatable bonds is 7. The van der Waals surface area contributed by atoms with Gasteiger partial charge in [-0.05, 0) is 60.7 Å². The van der Waals surface area contributed by atoms with Crippen molar-refractivity contribution in [3.05, 3.63) is 89.7 Å². The highest BCUT2D eigenvalue weighted by Crippen LogP contribution is 2.25. The zero-order valence-electron chi connectivity index (χ0n) is 15.6. The molecule has 0 bridgehead atoms. The van der Waals surface area contributed by atoms with Crippen LogP contribution < -0.4 is 4.72 Å². The van der Waals surface area contributed by atoms with Crippen molar-refractivity contribution in [2.24, 2.45) is 0 Å². The summed E-state index contributed by atoms with van der Waals surface area (Å²) < 4.78 is 27.4. The number of nitrogens with zero attached hydrogens (tertiary/aromatic N) is 2. The third-order valence-electron chi connectivity index (χ3n) is 4.17. The van der Waals surface area contributed by atoms with E-state index in [1.807, 2.05) is 24.3 Å². The maximum absolute atomic E-state index is 12.4.